The number of benzene rings is 1. The van der Waals surface area contributed by atoms with E-state index in [4.69, 9.17) is 0 Å². The van der Waals surface area contributed by atoms with Gasteiger partial charge in [-0.05, 0) is 17.9 Å². The van der Waals surface area contributed by atoms with Gasteiger partial charge in [-0.25, -0.2) is 0 Å². The molecule has 1 atom stereocenters. The first-order valence-corrected chi connectivity index (χ1v) is 4.84. The summed E-state index contributed by atoms with van der Waals surface area (Å²) in [6.07, 6.45) is 3.81. The summed E-state index contributed by atoms with van der Waals surface area (Å²) in [5.74, 6) is 0.514. The number of carbonyl (C=O) groups excluding carboxylic acids is 1. The Hall–Kier alpha value is -1.11. The molecule has 0 heterocycles. The lowest BCUT2D eigenvalue weighted by molar-refractivity contribution is -0.108. The Kier molecular flexibility index (Phi) is 4.24. The maximum atomic E-state index is 10.4. The van der Waals surface area contributed by atoms with Gasteiger partial charge in [0.25, 0.3) is 0 Å². The molecule has 0 aliphatic rings. The molecular formula is C12H16O. The molecule has 1 aromatic rings. The predicted octanol–water partition coefficient (Wildman–Crippen LogP) is 2.84. The molecule has 1 nitrogen and oxygen atoms in total. The van der Waals surface area contributed by atoms with Crippen LogP contribution in [-0.2, 0) is 11.2 Å². The van der Waals surface area contributed by atoms with E-state index in [-0.39, 0.29) is 0 Å². The Bertz CT molecular complexity index is 241. The van der Waals surface area contributed by atoms with Crippen LogP contribution in [0.5, 0.6) is 0 Å². The number of hydrogen-bond donors (Lipinski definition) is 0. The molecular weight excluding hydrogens is 160 g/mol. The number of hydrogen-bond acceptors (Lipinski definition) is 1. The van der Waals surface area contributed by atoms with Crippen LogP contribution in [0.15, 0.2) is 30.3 Å². The first-order chi connectivity index (χ1) is 6.36. The summed E-state index contributed by atoms with van der Waals surface area (Å²) in [5.41, 5.74) is 1.33. The van der Waals surface area contributed by atoms with Gasteiger partial charge in [0.05, 0.1) is 0 Å². The van der Waals surface area contributed by atoms with Gasteiger partial charge in [0.15, 0.2) is 0 Å². The summed E-state index contributed by atoms with van der Waals surface area (Å²) in [4.78, 5) is 10.4. The van der Waals surface area contributed by atoms with Crippen molar-refractivity contribution in [2.45, 2.75) is 26.2 Å². The summed E-state index contributed by atoms with van der Waals surface area (Å²) < 4.78 is 0. The fraction of sp³-hybridized carbons (Fsp3) is 0.417. The van der Waals surface area contributed by atoms with E-state index >= 15 is 0 Å². The third-order valence-electron chi connectivity index (χ3n) is 2.37. The molecule has 0 amide bonds. The lowest BCUT2D eigenvalue weighted by atomic mass is 9.94. The zero-order valence-electron chi connectivity index (χ0n) is 8.07. The SMILES string of the molecule is CC[C@H](CC=O)Cc1ccccc1. The first kappa shape index (κ1) is 9.97. The molecule has 0 saturated heterocycles. The molecule has 0 N–H and O–H groups in total. The van der Waals surface area contributed by atoms with Crippen molar-refractivity contribution in [2.24, 2.45) is 5.92 Å². The van der Waals surface area contributed by atoms with Gasteiger partial charge in [-0.3, -0.25) is 0 Å². The fourth-order valence-electron chi connectivity index (χ4n) is 1.48. The molecule has 0 aliphatic heterocycles. The third kappa shape index (κ3) is 3.41. The number of rotatable bonds is 5. The van der Waals surface area contributed by atoms with Crippen molar-refractivity contribution >= 4 is 6.29 Å². The van der Waals surface area contributed by atoms with Gasteiger partial charge >= 0.3 is 0 Å². The molecule has 0 aliphatic carbocycles. The van der Waals surface area contributed by atoms with Crippen LogP contribution in [-0.4, -0.2) is 6.29 Å². The van der Waals surface area contributed by atoms with E-state index in [1.165, 1.54) is 5.56 Å². The summed E-state index contributed by atoms with van der Waals surface area (Å²) in [6.45, 7) is 2.14. The Morgan fingerprint density at radius 2 is 2.00 bits per heavy atom. The fourth-order valence-corrected chi connectivity index (χ4v) is 1.48. The van der Waals surface area contributed by atoms with Crippen molar-refractivity contribution in [2.75, 3.05) is 0 Å². The van der Waals surface area contributed by atoms with Crippen molar-refractivity contribution in [3.05, 3.63) is 35.9 Å². The van der Waals surface area contributed by atoms with Crippen LogP contribution in [0.25, 0.3) is 0 Å². The predicted molar refractivity (Wildman–Crippen MR) is 54.6 cm³/mol. The maximum absolute atomic E-state index is 10.4. The number of aldehydes is 1. The van der Waals surface area contributed by atoms with E-state index < -0.39 is 0 Å². The normalized spacial score (nSPS) is 12.4. The lowest BCUT2D eigenvalue weighted by Gasteiger charge is -2.10. The van der Waals surface area contributed by atoms with Crippen LogP contribution in [0.4, 0.5) is 0 Å². The average molecular weight is 176 g/mol. The topological polar surface area (TPSA) is 17.1 Å². The Morgan fingerprint density at radius 1 is 1.31 bits per heavy atom. The minimum atomic E-state index is 0.514. The van der Waals surface area contributed by atoms with E-state index in [2.05, 4.69) is 19.1 Å². The largest absolute Gasteiger partial charge is 0.303 e. The van der Waals surface area contributed by atoms with Gasteiger partial charge in [-0.1, -0.05) is 43.7 Å². The highest BCUT2D eigenvalue weighted by atomic mass is 16.1. The smallest absolute Gasteiger partial charge is 0.120 e. The summed E-state index contributed by atoms with van der Waals surface area (Å²) >= 11 is 0. The van der Waals surface area contributed by atoms with Gasteiger partial charge in [0.2, 0.25) is 0 Å². The molecule has 0 radical (unpaired) electrons. The second-order valence-corrected chi connectivity index (χ2v) is 3.37. The van der Waals surface area contributed by atoms with Gasteiger partial charge in [0, 0.05) is 6.42 Å². The van der Waals surface area contributed by atoms with Crippen LogP contribution in [0.2, 0.25) is 0 Å². The van der Waals surface area contributed by atoms with E-state index in [1.54, 1.807) is 0 Å². The summed E-state index contributed by atoms with van der Waals surface area (Å²) in [6, 6.07) is 10.3. The third-order valence-corrected chi connectivity index (χ3v) is 2.37. The van der Waals surface area contributed by atoms with Gasteiger partial charge in [-0.15, -0.1) is 0 Å². The van der Waals surface area contributed by atoms with E-state index in [0.29, 0.717) is 12.3 Å². The van der Waals surface area contributed by atoms with Gasteiger partial charge in [-0.2, -0.15) is 0 Å². The van der Waals surface area contributed by atoms with Crippen molar-refractivity contribution < 1.29 is 4.79 Å². The minimum Gasteiger partial charge on any atom is -0.303 e. The van der Waals surface area contributed by atoms with Crippen LogP contribution >= 0.6 is 0 Å². The Morgan fingerprint density at radius 3 is 2.54 bits per heavy atom. The van der Waals surface area contributed by atoms with Crippen LogP contribution in [0, 0.1) is 5.92 Å². The second-order valence-electron chi connectivity index (χ2n) is 3.37. The Balaban J connectivity index is 2.51. The summed E-state index contributed by atoms with van der Waals surface area (Å²) in [5, 5.41) is 0. The van der Waals surface area contributed by atoms with Crippen molar-refractivity contribution in [3.63, 3.8) is 0 Å². The average Bonchev–Trinajstić information content (AvgIpc) is 2.19. The highest BCUT2D eigenvalue weighted by molar-refractivity contribution is 5.49. The lowest BCUT2D eigenvalue weighted by Crippen LogP contribution is -2.03. The molecule has 70 valence electrons. The highest BCUT2D eigenvalue weighted by Gasteiger charge is 2.05. The molecule has 0 unspecified atom stereocenters. The van der Waals surface area contributed by atoms with Crippen LogP contribution < -0.4 is 0 Å². The molecule has 0 aromatic heterocycles. The van der Waals surface area contributed by atoms with Gasteiger partial charge < -0.3 is 4.79 Å². The molecule has 1 rings (SSSR count). The molecule has 0 fully saturated rings. The van der Waals surface area contributed by atoms with Crippen LogP contribution in [0.3, 0.4) is 0 Å². The zero-order valence-corrected chi connectivity index (χ0v) is 8.07. The van der Waals surface area contributed by atoms with Crippen molar-refractivity contribution in [3.8, 4) is 0 Å². The number of carbonyl (C=O) groups is 1. The summed E-state index contributed by atoms with van der Waals surface area (Å²) in [7, 11) is 0. The van der Waals surface area contributed by atoms with Crippen molar-refractivity contribution in [1.29, 1.82) is 0 Å². The van der Waals surface area contributed by atoms with E-state index in [1.807, 2.05) is 18.2 Å². The molecule has 0 spiro atoms. The standard InChI is InChI=1S/C12H16O/c1-2-11(8-9-13)10-12-6-4-3-5-7-12/h3-7,9,11H,2,8,10H2,1H3/t11-/m1/s1. The maximum Gasteiger partial charge on any atom is 0.120 e. The van der Waals surface area contributed by atoms with Crippen molar-refractivity contribution in [1.82, 2.24) is 0 Å². The molecule has 0 saturated carbocycles. The molecule has 13 heavy (non-hydrogen) atoms. The van der Waals surface area contributed by atoms with E-state index in [0.717, 1.165) is 19.1 Å². The second kappa shape index (κ2) is 5.52. The Labute approximate surface area is 79.8 Å². The van der Waals surface area contributed by atoms with Gasteiger partial charge in [0.1, 0.15) is 6.29 Å². The molecule has 0 bridgehead atoms. The first-order valence-electron chi connectivity index (χ1n) is 4.84. The van der Waals surface area contributed by atoms with Crippen LogP contribution in [0.1, 0.15) is 25.3 Å². The molecule has 1 aromatic carbocycles. The van der Waals surface area contributed by atoms with E-state index in [9.17, 15) is 4.79 Å². The zero-order chi connectivity index (χ0) is 9.52. The quantitative estimate of drug-likeness (QED) is 0.630. The monoisotopic (exact) mass is 176 g/mol. The highest BCUT2D eigenvalue weighted by Crippen LogP contribution is 2.14. The molecule has 1 heteroatoms. The minimum absolute atomic E-state index is 0.514.